The molecule has 3 rings (SSSR count). The monoisotopic (exact) mass is 328 g/mol. The fourth-order valence-electron chi connectivity index (χ4n) is 2.49. The fourth-order valence-corrected chi connectivity index (χ4v) is 6.00. The molecule has 0 atom stereocenters. The van der Waals surface area contributed by atoms with E-state index in [9.17, 15) is 4.39 Å². The lowest BCUT2D eigenvalue weighted by atomic mass is 10.4. The molecular weight excluding hydrogens is 311 g/mol. The molecule has 0 saturated carbocycles. The Kier molecular flexibility index (Phi) is 4.52. The van der Waals surface area contributed by atoms with Gasteiger partial charge in [-0.2, -0.15) is 4.39 Å². The molecule has 0 bridgehead atoms. The topological polar surface area (TPSA) is 9.23 Å². The molecule has 1 nitrogen and oxygen atoms in total. The lowest BCUT2D eigenvalue weighted by Crippen LogP contribution is -2.58. The Bertz CT molecular complexity index is 688. The lowest BCUT2D eigenvalue weighted by Gasteiger charge is -2.28. The zero-order chi connectivity index (χ0) is 15.4. The van der Waals surface area contributed by atoms with E-state index >= 15 is 0 Å². The quantitative estimate of drug-likeness (QED) is 0.648. The third-order valence-electron chi connectivity index (χ3n) is 3.78. The van der Waals surface area contributed by atoms with E-state index in [1.54, 1.807) is 6.07 Å². The van der Waals surface area contributed by atoms with Crippen molar-refractivity contribution < 1.29 is 8.82 Å². The molecule has 0 radical (unpaired) electrons. The summed E-state index contributed by atoms with van der Waals surface area (Å²) >= 11 is 1.15. The van der Waals surface area contributed by atoms with Crippen LogP contribution in [-0.2, 0) is 11.0 Å². The van der Waals surface area contributed by atoms with Gasteiger partial charge in [0.1, 0.15) is 0 Å². The molecule has 0 fully saturated rings. The molecule has 1 aromatic heterocycles. The number of rotatable bonds is 5. The van der Waals surface area contributed by atoms with Crippen molar-refractivity contribution in [2.24, 2.45) is 0 Å². The second kappa shape index (κ2) is 6.56. The maximum Gasteiger partial charge on any atom is 0.253 e. The van der Waals surface area contributed by atoms with E-state index in [-0.39, 0.29) is 5.13 Å². The summed E-state index contributed by atoms with van der Waals surface area (Å²) in [7, 11) is -2.29. The lowest BCUT2D eigenvalue weighted by molar-refractivity contribution is 0.311. The standard InChI is InChI=1S/C18H17FOSSi/c1-22(16-8-4-2-5-9-16,17-10-6-3-7-11-17)20-14-15-12-13-18(19)21-15/h2-13H,14H2,1H3. The van der Waals surface area contributed by atoms with Crippen molar-refractivity contribution in [2.45, 2.75) is 13.2 Å². The number of halogens is 1. The van der Waals surface area contributed by atoms with Crippen LogP contribution in [0.25, 0.3) is 0 Å². The summed E-state index contributed by atoms with van der Waals surface area (Å²) < 4.78 is 19.6. The second-order valence-corrected chi connectivity index (χ2v) is 9.89. The van der Waals surface area contributed by atoms with E-state index < -0.39 is 8.32 Å². The molecule has 2 aromatic carbocycles. The van der Waals surface area contributed by atoms with Crippen LogP contribution in [0.5, 0.6) is 0 Å². The molecule has 0 aliphatic carbocycles. The van der Waals surface area contributed by atoms with E-state index in [0.717, 1.165) is 16.2 Å². The molecule has 0 amide bonds. The fraction of sp³-hybridized carbons (Fsp3) is 0.111. The van der Waals surface area contributed by atoms with Crippen LogP contribution in [-0.4, -0.2) is 8.32 Å². The zero-order valence-electron chi connectivity index (χ0n) is 12.3. The number of hydrogen-bond donors (Lipinski definition) is 0. The summed E-state index contributed by atoms with van der Waals surface area (Å²) in [6.07, 6.45) is 0. The molecule has 0 spiro atoms. The van der Waals surface area contributed by atoms with Gasteiger partial charge in [-0.05, 0) is 29.1 Å². The Labute approximate surface area is 135 Å². The average molecular weight is 328 g/mol. The van der Waals surface area contributed by atoms with E-state index in [2.05, 4.69) is 30.8 Å². The second-order valence-electron chi connectivity index (χ2n) is 5.26. The Morgan fingerprint density at radius 3 is 1.86 bits per heavy atom. The van der Waals surface area contributed by atoms with Crippen molar-refractivity contribution in [3.63, 3.8) is 0 Å². The van der Waals surface area contributed by atoms with Crippen LogP contribution < -0.4 is 10.4 Å². The highest BCUT2D eigenvalue weighted by Crippen LogP contribution is 2.18. The summed E-state index contributed by atoms with van der Waals surface area (Å²) in [5.74, 6) is 0. The first kappa shape index (κ1) is 15.2. The van der Waals surface area contributed by atoms with E-state index in [1.165, 1.54) is 16.4 Å². The van der Waals surface area contributed by atoms with Gasteiger partial charge < -0.3 is 4.43 Å². The molecule has 3 aromatic rings. The molecule has 1 heterocycles. The highest BCUT2D eigenvalue weighted by atomic mass is 32.1. The third-order valence-corrected chi connectivity index (χ3v) is 8.22. The molecule has 0 unspecified atom stereocenters. The summed E-state index contributed by atoms with van der Waals surface area (Å²) in [5.41, 5.74) is 0. The van der Waals surface area contributed by atoms with Crippen molar-refractivity contribution in [3.05, 3.63) is 82.8 Å². The molecule has 0 saturated heterocycles. The summed E-state index contributed by atoms with van der Waals surface area (Å²) in [4.78, 5) is 0.920. The maximum absolute atomic E-state index is 13.2. The first-order chi connectivity index (χ1) is 10.7. The minimum Gasteiger partial charge on any atom is -0.403 e. The summed E-state index contributed by atoms with van der Waals surface area (Å²) in [6, 6.07) is 23.9. The largest absolute Gasteiger partial charge is 0.403 e. The Morgan fingerprint density at radius 1 is 0.864 bits per heavy atom. The van der Waals surface area contributed by atoms with E-state index in [4.69, 9.17) is 4.43 Å². The SMILES string of the molecule is C[Si](OCc1ccc(F)s1)(c1ccccc1)c1ccccc1. The molecule has 0 aliphatic heterocycles. The number of benzene rings is 2. The van der Waals surface area contributed by atoms with Gasteiger partial charge in [0.05, 0.1) is 6.61 Å². The van der Waals surface area contributed by atoms with Gasteiger partial charge in [-0.1, -0.05) is 60.7 Å². The Balaban J connectivity index is 1.93. The van der Waals surface area contributed by atoms with Gasteiger partial charge >= 0.3 is 0 Å². The van der Waals surface area contributed by atoms with Gasteiger partial charge in [0, 0.05) is 4.88 Å². The molecule has 112 valence electrons. The summed E-state index contributed by atoms with van der Waals surface area (Å²) in [6.45, 7) is 2.64. The first-order valence-corrected chi connectivity index (χ1v) is 10.4. The van der Waals surface area contributed by atoms with Gasteiger partial charge in [0.15, 0.2) is 5.13 Å². The van der Waals surface area contributed by atoms with Crippen LogP contribution in [0.3, 0.4) is 0 Å². The van der Waals surface area contributed by atoms with Crippen LogP contribution >= 0.6 is 11.3 Å². The number of hydrogen-bond acceptors (Lipinski definition) is 2. The van der Waals surface area contributed by atoms with Crippen LogP contribution in [0.15, 0.2) is 72.8 Å². The predicted octanol–water partition coefficient (Wildman–Crippen LogP) is 3.79. The normalized spacial score (nSPS) is 11.5. The molecule has 22 heavy (non-hydrogen) atoms. The van der Waals surface area contributed by atoms with Gasteiger partial charge in [-0.25, -0.2) is 0 Å². The van der Waals surface area contributed by atoms with Gasteiger partial charge in [0.25, 0.3) is 8.32 Å². The average Bonchev–Trinajstić information content (AvgIpc) is 3.00. The van der Waals surface area contributed by atoms with Crippen molar-refractivity contribution in [1.82, 2.24) is 0 Å². The van der Waals surface area contributed by atoms with Crippen LogP contribution in [0.1, 0.15) is 4.88 Å². The summed E-state index contributed by atoms with van der Waals surface area (Å²) in [5, 5.41) is 2.28. The number of thiophene rings is 1. The molecule has 0 aliphatic rings. The van der Waals surface area contributed by atoms with Gasteiger partial charge in [0.2, 0.25) is 0 Å². The molecular formula is C18H17FOSSi. The zero-order valence-corrected chi connectivity index (χ0v) is 14.1. The van der Waals surface area contributed by atoms with Gasteiger partial charge in [-0.15, -0.1) is 11.3 Å². The van der Waals surface area contributed by atoms with Crippen LogP contribution in [0, 0.1) is 5.13 Å². The Hall–Kier alpha value is -1.75. The smallest absolute Gasteiger partial charge is 0.253 e. The molecule has 0 N–H and O–H groups in total. The minimum atomic E-state index is -2.29. The minimum absolute atomic E-state index is 0.165. The molecule has 4 heteroatoms. The van der Waals surface area contributed by atoms with Crippen molar-refractivity contribution in [3.8, 4) is 0 Å². The first-order valence-electron chi connectivity index (χ1n) is 7.18. The van der Waals surface area contributed by atoms with E-state index in [0.29, 0.717) is 6.61 Å². The van der Waals surface area contributed by atoms with Crippen molar-refractivity contribution in [1.29, 1.82) is 0 Å². The third kappa shape index (κ3) is 3.19. The van der Waals surface area contributed by atoms with Crippen molar-refractivity contribution in [2.75, 3.05) is 0 Å². The maximum atomic E-state index is 13.2. The van der Waals surface area contributed by atoms with E-state index in [1.807, 2.05) is 36.4 Å². The highest BCUT2D eigenvalue weighted by Gasteiger charge is 2.34. The van der Waals surface area contributed by atoms with Crippen molar-refractivity contribution >= 4 is 30.0 Å². The van der Waals surface area contributed by atoms with Gasteiger partial charge in [-0.3, -0.25) is 0 Å². The predicted molar refractivity (Wildman–Crippen MR) is 92.8 cm³/mol. The van der Waals surface area contributed by atoms with Crippen LogP contribution in [0.4, 0.5) is 4.39 Å². The Morgan fingerprint density at radius 2 is 1.41 bits per heavy atom. The van der Waals surface area contributed by atoms with Crippen LogP contribution in [0.2, 0.25) is 6.55 Å². The highest BCUT2D eigenvalue weighted by molar-refractivity contribution is 7.10.